The third-order valence-electron chi connectivity index (χ3n) is 5.46. The van der Waals surface area contributed by atoms with Crippen LogP contribution in [0.1, 0.15) is 115 Å². The molecule has 0 radical (unpaired) electrons. The summed E-state index contributed by atoms with van der Waals surface area (Å²) in [5, 5.41) is 0. The molecule has 2 atom stereocenters. The second kappa shape index (κ2) is 10.9. The molecule has 1 aromatic carbocycles. The molecule has 0 heteroatoms. The highest BCUT2D eigenvalue weighted by Gasteiger charge is 2.21. The maximum Gasteiger partial charge on any atom is -0.0133 e. The Morgan fingerprint density at radius 3 is 2.09 bits per heavy atom. The van der Waals surface area contributed by atoms with Crippen molar-refractivity contribution in [1.29, 1.82) is 0 Å². The van der Waals surface area contributed by atoms with Crippen molar-refractivity contribution in [3.63, 3.8) is 0 Å². The first-order valence-corrected chi connectivity index (χ1v) is 10.1. The van der Waals surface area contributed by atoms with Gasteiger partial charge in [-0.25, -0.2) is 0 Å². The molecule has 0 nitrogen and oxygen atoms in total. The molecule has 0 fully saturated rings. The lowest BCUT2D eigenvalue weighted by Crippen LogP contribution is -2.13. The van der Waals surface area contributed by atoms with Crippen molar-refractivity contribution in [3.05, 3.63) is 34.9 Å². The number of hydrogen-bond acceptors (Lipinski definition) is 0. The van der Waals surface area contributed by atoms with Gasteiger partial charge in [0.25, 0.3) is 0 Å². The molecule has 0 aliphatic rings. The molecule has 1 aromatic rings. The zero-order valence-electron chi connectivity index (χ0n) is 16.6. The van der Waals surface area contributed by atoms with Crippen LogP contribution in [-0.4, -0.2) is 0 Å². The maximum absolute atomic E-state index is 2.48. The highest BCUT2D eigenvalue weighted by molar-refractivity contribution is 5.36. The van der Waals surface area contributed by atoms with Crippen LogP contribution in [0.2, 0.25) is 0 Å². The molecule has 0 saturated carbocycles. The highest BCUT2D eigenvalue weighted by Crippen LogP contribution is 2.37. The van der Waals surface area contributed by atoms with Crippen LogP contribution in [0.4, 0.5) is 0 Å². The van der Waals surface area contributed by atoms with Crippen LogP contribution in [-0.2, 0) is 0 Å². The minimum absolute atomic E-state index is 0.627. The number of benzene rings is 1. The smallest absolute Gasteiger partial charge is 0.0133 e. The molecule has 0 heterocycles. The molecule has 132 valence electrons. The van der Waals surface area contributed by atoms with Crippen molar-refractivity contribution >= 4 is 0 Å². The Hall–Kier alpha value is -0.780. The van der Waals surface area contributed by atoms with E-state index in [4.69, 9.17) is 0 Å². The van der Waals surface area contributed by atoms with Crippen molar-refractivity contribution in [2.24, 2.45) is 5.92 Å². The van der Waals surface area contributed by atoms with E-state index >= 15 is 0 Å². The topological polar surface area (TPSA) is 0 Å². The van der Waals surface area contributed by atoms with Crippen molar-refractivity contribution < 1.29 is 0 Å². The van der Waals surface area contributed by atoms with E-state index in [-0.39, 0.29) is 0 Å². The second-order valence-corrected chi connectivity index (χ2v) is 7.84. The molecule has 0 bridgehead atoms. The van der Waals surface area contributed by atoms with Gasteiger partial charge < -0.3 is 0 Å². The van der Waals surface area contributed by atoms with Crippen LogP contribution in [0.5, 0.6) is 0 Å². The van der Waals surface area contributed by atoms with Gasteiger partial charge >= 0.3 is 0 Å². The van der Waals surface area contributed by atoms with E-state index in [2.05, 4.69) is 59.7 Å². The van der Waals surface area contributed by atoms with E-state index < -0.39 is 0 Å². The van der Waals surface area contributed by atoms with Crippen LogP contribution in [0.15, 0.2) is 18.2 Å². The van der Waals surface area contributed by atoms with Crippen molar-refractivity contribution in [1.82, 2.24) is 0 Å². The summed E-state index contributed by atoms with van der Waals surface area (Å²) in [4.78, 5) is 0. The average Bonchev–Trinajstić information content (AvgIpc) is 2.53. The molecule has 2 unspecified atom stereocenters. The zero-order chi connectivity index (χ0) is 17.2. The van der Waals surface area contributed by atoms with Gasteiger partial charge in [-0.3, -0.25) is 0 Å². The summed E-state index contributed by atoms with van der Waals surface area (Å²) in [6, 6.07) is 7.15. The fraction of sp³-hybridized carbons (Fsp3) is 0.739. The van der Waals surface area contributed by atoms with Gasteiger partial charge in [-0.05, 0) is 42.2 Å². The van der Waals surface area contributed by atoms with Crippen LogP contribution in [0.25, 0.3) is 0 Å². The Morgan fingerprint density at radius 2 is 1.48 bits per heavy atom. The van der Waals surface area contributed by atoms with Gasteiger partial charge in [-0.15, -0.1) is 0 Å². The first-order chi connectivity index (χ1) is 11.0. The SMILES string of the molecule is CCCCCCCCC(c1cc(C)ccc1C(C)C)C(C)CC. The maximum atomic E-state index is 2.48. The third-order valence-corrected chi connectivity index (χ3v) is 5.46. The summed E-state index contributed by atoms with van der Waals surface area (Å²) < 4.78 is 0. The van der Waals surface area contributed by atoms with E-state index in [0.717, 1.165) is 11.8 Å². The monoisotopic (exact) mass is 316 g/mol. The summed E-state index contributed by atoms with van der Waals surface area (Å²) in [7, 11) is 0. The second-order valence-electron chi connectivity index (χ2n) is 7.84. The van der Waals surface area contributed by atoms with Crippen LogP contribution < -0.4 is 0 Å². The van der Waals surface area contributed by atoms with Gasteiger partial charge in [0.1, 0.15) is 0 Å². The van der Waals surface area contributed by atoms with Gasteiger partial charge in [0, 0.05) is 0 Å². The molecule has 0 N–H and O–H groups in total. The minimum atomic E-state index is 0.627. The zero-order valence-corrected chi connectivity index (χ0v) is 16.6. The van der Waals surface area contributed by atoms with Crippen molar-refractivity contribution in [2.45, 2.75) is 105 Å². The number of aryl methyl sites for hydroxylation is 1. The molecule has 0 aromatic heterocycles. The van der Waals surface area contributed by atoms with Gasteiger partial charge in [0.05, 0.1) is 0 Å². The lowest BCUT2D eigenvalue weighted by Gasteiger charge is -2.27. The molecule has 1 rings (SSSR count). The normalized spacial score (nSPS) is 14.2. The fourth-order valence-corrected chi connectivity index (χ4v) is 3.72. The van der Waals surface area contributed by atoms with Gasteiger partial charge in [-0.1, -0.05) is 103 Å². The molecule has 0 aliphatic carbocycles. The molecule has 0 amide bonds. The highest BCUT2D eigenvalue weighted by atomic mass is 14.3. The largest absolute Gasteiger partial charge is 0.0654 e. The summed E-state index contributed by atoms with van der Waals surface area (Å²) in [5.41, 5.74) is 4.63. The van der Waals surface area contributed by atoms with Crippen LogP contribution >= 0.6 is 0 Å². The number of hydrogen-bond donors (Lipinski definition) is 0. The molecule has 23 heavy (non-hydrogen) atoms. The predicted octanol–water partition coefficient (Wildman–Crippen LogP) is 8.00. The van der Waals surface area contributed by atoms with Gasteiger partial charge in [-0.2, -0.15) is 0 Å². The van der Waals surface area contributed by atoms with E-state index in [1.165, 1.54) is 56.9 Å². The fourth-order valence-electron chi connectivity index (χ4n) is 3.72. The molecule has 0 aliphatic heterocycles. The van der Waals surface area contributed by atoms with E-state index in [1.54, 1.807) is 11.1 Å². The Balaban J connectivity index is 2.80. The summed E-state index contributed by atoms with van der Waals surface area (Å²) in [5.74, 6) is 2.15. The first-order valence-electron chi connectivity index (χ1n) is 10.1. The first kappa shape index (κ1) is 20.3. The lowest BCUT2D eigenvalue weighted by molar-refractivity contribution is 0.402. The minimum Gasteiger partial charge on any atom is -0.0654 e. The molecule has 0 spiro atoms. The molecule has 0 saturated heterocycles. The quantitative estimate of drug-likeness (QED) is 0.363. The van der Waals surface area contributed by atoms with Crippen molar-refractivity contribution in [3.8, 4) is 0 Å². The lowest BCUT2D eigenvalue weighted by atomic mass is 9.77. The van der Waals surface area contributed by atoms with Crippen molar-refractivity contribution in [2.75, 3.05) is 0 Å². The molecular weight excluding hydrogens is 276 g/mol. The number of unbranched alkanes of at least 4 members (excludes halogenated alkanes) is 5. The Kier molecular flexibility index (Phi) is 9.60. The Bertz CT molecular complexity index is 430. The Labute approximate surface area is 146 Å². The van der Waals surface area contributed by atoms with E-state index in [9.17, 15) is 0 Å². The standard InChI is InChI=1S/C23H40/c1-7-9-10-11-12-13-14-22(20(6)8-2)23-17-19(5)15-16-21(23)18(3)4/h15-18,20,22H,7-14H2,1-6H3. The van der Waals surface area contributed by atoms with E-state index in [1.807, 2.05) is 0 Å². The summed E-state index contributed by atoms with van der Waals surface area (Å²) in [6.07, 6.45) is 11.1. The third kappa shape index (κ3) is 6.69. The molecular formula is C23H40. The van der Waals surface area contributed by atoms with Crippen LogP contribution in [0.3, 0.4) is 0 Å². The summed E-state index contributed by atoms with van der Waals surface area (Å²) in [6.45, 7) is 14.0. The summed E-state index contributed by atoms with van der Waals surface area (Å²) >= 11 is 0. The van der Waals surface area contributed by atoms with Crippen LogP contribution in [0, 0.1) is 12.8 Å². The van der Waals surface area contributed by atoms with Gasteiger partial charge in [0.15, 0.2) is 0 Å². The van der Waals surface area contributed by atoms with Gasteiger partial charge in [0.2, 0.25) is 0 Å². The number of rotatable bonds is 11. The van der Waals surface area contributed by atoms with E-state index in [0.29, 0.717) is 5.92 Å². The average molecular weight is 317 g/mol. The predicted molar refractivity (Wildman–Crippen MR) is 105 cm³/mol. The Morgan fingerprint density at radius 1 is 0.826 bits per heavy atom.